The molecule has 164 valence electrons. The number of hydrogen-bond donors (Lipinski definition) is 0. The van der Waals surface area contributed by atoms with E-state index in [9.17, 15) is 4.39 Å². The summed E-state index contributed by atoms with van der Waals surface area (Å²) in [5.41, 5.74) is 3.14. The van der Waals surface area contributed by atoms with Gasteiger partial charge in [-0.15, -0.1) is 21.5 Å². The first kappa shape index (κ1) is 20.8. The first-order chi connectivity index (χ1) is 15.8. The molecular formula is C24H24FN5OS. The first-order valence-electron chi connectivity index (χ1n) is 10.8. The third kappa shape index (κ3) is 4.71. The summed E-state index contributed by atoms with van der Waals surface area (Å²) in [5, 5.41) is 12.0. The van der Waals surface area contributed by atoms with E-state index in [1.165, 1.54) is 17.7 Å². The molecule has 0 radical (unpaired) electrons. The van der Waals surface area contributed by atoms with E-state index in [2.05, 4.69) is 43.9 Å². The minimum atomic E-state index is -0.243. The Labute approximate surface area is 190 Å². The zero-order valence-electron chi connectivity index (χ0n) is 17.7. The van der Waals surface area contributed by atoms with Gasteiger partial charge in [0.15, 0.2) is 0 Å². The summed E-state index contributed by atoms with van der Waals surface area (Å²) in [6.45, 7) is 3.83. The van der Waals surface area contributed by atoms with Gasteiger partial charge in [-0.2, -0.15) is 0 Å². The Morgan fingerprint density at radius 1 is 0.969 bits per heavy atom. The fourth-order valence-corrected chi connectivity index (χ4v) is 4.67. The second-order valence-corrected chi connectivity index (χ2v) is 8.59. The normalized spacial score (nSPS) is 14.1. The van der Waals surface area contributed by atoms with Gasteiger partial charge in [0.1, 0.15) is 16.6 Å². The highest BCUT2D eigenvalue weighted by molar-refractivity contribution is 7.13. The second-order valence-electron chi connectivity index (χ2n) is 7.73. The van der Waals surface area contributed by atoms with Crippen LogP contribution in [-0.4, -0.2) is 46.1 Å². The SMILES string of the molecule is Fc1ccc(-c2nc(Cc3nnc(N4CCOCC4)n3CCc3ccccc3)cs2)cc1. The van der Waals surface area contributed by atoms with Gasteiger partial charge in [-0.1, -0.05) is 30.3 Å². The van der Waals surface area contributed by atoms with Gasteiger partial charge < -0.3 is 9.64 Å². The lowest BCUT2D eigenvalue weighted by Crippen LogP contribution is -2.38. The first-order valence-corrected chi connectivity index (χ1v) is 11.6. The molecular weight excluding hydrogens is 425 g/mol. The number of anilines is 1. The highest BCUT2D eigenvalue weighted by atomic mass is 32.1. The summed E-state index contributed by atoms with van der Waals surface area (Å²) in [6.07, 6.45) is 1.50. The molecule has 0 bridgehead atoms. The van der Waals surface area contributed by atoms with Crippen LogP contribution >= 0.6 is 11.3 Å². The Bertz CT molecular complexity index is 1150. The number of halogens is 1. The summed E-state index contributed by atoms with van der Waals surface area (Å²) in [7, 11) is 0. The molecule has 0 N–H and O–H groups in total. The molecule has 1 aliphatic rings. The van der Waals surface area contributed by atoms with E-state index < -0.39 is 0 Å². The molecule has 0 atom stereocenters. The molecule has 0 amide bonds. The van der Waals surface area contributed by atoms with E-state index in [1.54, 1.807) is 23.5 Å². The summed E-state index contributed by atoms with van der Waals surface area (Å²) < 4.78 is 21.0. The van der Waals surface area contributed by atoms with E-state index in [4.69, 9.17) is 9.72 Å². The molecule has 5 rings (SSSR count). The number of nitrogens with zero attached hydrogens (tertiary/aromatic N) is 5. The highest BCUT2D eigenvalue weighted by Crippen LogP contribution is 2.26. The maximum absolute atomic E-state index is 13.2. The fourth-order valence-electron chi connectivity index (χ4n) is 3.84. The van der Waals surface area contributed by atoms with Gasteiger partial charge in [-0.25, -0.2) is 9.37 Å². The van der Waals surface area contributed by atoms with Crippen LogP contribution in [0.25, 0.3) is 10.6 Å². The lowest BCUT2D eigenvalue weighted by atomic mass is 10.1. The average Bonchev–Trinajstić information content (AvgIpc) is 3.47. The van der Waals surface area contributed by atoms with Gasteiger partial charge in [0.2, 0.25) is 5.95 Å². The summed E-state index contributed by atoms with van der Waals surface area (Å²) >= 11 is 1.56. The van der Waals surface area contributed by atoms with Crippen LogP contribution in [0.1, 0.15) is 17.1 Å². The Hall–Kier alpha value is -3.10. The molecule has 0 unspecified atom stereocenters. The third-order valence-electron chi connectivity index (χ3n) is 5.55. The Balaban J connectivity index is 1.39. The number of thiazole rings is 1. The fraction of sp³-hybridized carbons (Fsp3) is 0.292. The largest absolute Gasteiger partial charge is 0.378 e. The number of ether oxygens (including phenoxy) is 1. The van der Waals surface area contributed by atoms with Gasteiger partial charge >= 0.3 is 0 Å². The molecule has 6 nitrogen and oxygen atoms in total. The lowest BCUT2D eigenvalue weighted by molar-refractivity contribution is 0.121. The molecule has 1 saturated heterocycles. The summed E-state index contributed by atoms with van der Waals surface area (Å²) in [6, 6.07) is 16.9. The standard InChI is InChI=1S/C24H24FN5OS/c25-20-8-6-19(7-9-20)23-26-21(17-32-23)16-22-27-28-24(29-12-14-31-15-13-29)30(22)11-10-18-4-2-1-3-5-18/h1-9,17H,10-16H2. The maximum Gasteiger partial charge on any atom is 0.227 e. The van der Waals surface area contributed by atoms with Crippen LogP contribution in [0.15, 0.2) is 60.0 Å². The molecule has 32 heavy (non-hydrogen) atoms. The van der Waals surface area contributed by atoms with E-state index in [0.717, 1.165) is 54.1 Å². The van der Waals surface area contributed by atoms with Gasteiger partial charge in [0.05, 0.1) is 25.3 Å². The quantitative estimate of drug-likeness (QED) is 0.423. The molecule has 0 spiro atoms. The van der Waals surface area contributed by atoms with Crippen molar-refractivity contribution in [1.29, 1.82) is 0 Å². The van der Waals surface area contributed by atoms with Crippen LogP contribution < -0.4 is 4.90 Å². The van der Waals surface area contributed by atoms with Crippen molar-refractivity contribution in [3.05, 3.63) is 82.9 Å². The van der Waals surface area contributed by atoms with Crippen molar-refractivity contribution in [2.45, 2.75) is 19.4 Å². The van der Waals surface area contributed by atoms with Gasteiger partial charge in [0, 0.05) is 30.6 Å². The highest BCUT2D eigenvalue weighted by Gasteiger charge is 2.21. The second kappa shape index (κ2) is 9.58. The zero-order valence-corrected chi connectivity index (χ0v) is 18.5. The van der Waals surface area contributed by atoms with Crippen molar-refractivity contribution in [2.24, 2.45) is 0 Å². The van der Waals surface area contributed by atoms with Gasteiger partial charge in [-0.3, -0.25) is 4.57 Å². The Morgan fingerprint density at radius 2 is 1.75 bits per heavy atom. The predicted molar refractivity (Wildman–Crippen MR) is 124 cm³/mol. The third-order valence-corrected chi connectivity index (χ3v) is 6.49. The van der Waals surface area contributed by atoms with Crippen LogP contribution in [0.5, 0.6) is 0 Å². The molecule has 0 aliphatic carbocycles. The predicted octanol–water partition coefficient (Wildman–Crippen LogP) is 4.21. The van der Waals surface area contributed by atoms with Crippen LogP contribution in [0.2, 0.25) is 0 Å². The molecule has 3 heterocycles. The molecule has 0 saturated carbocycles. The van der Waals surface area contributed by atoms with Crippen molar-refractivity contribution >= 4 is 17.3 Å². The smallest absolute Gasteiger partial charge is 0.227 e. The molecule has 1 aliphatic heterocycles. The van der Waals surface area contributed by atoms with Crippen LogP contribution in [0.4, 0.5) is 10.3 Å². The van der Waals surface area contributed by atoms with Gasteiger partial charge in [0.25, 0.3) is 0 Å². The number of rotatable bonds is 7. The number of aromatic nitrogens is 4. The number of hydrogen-bond acceptors (Lipinski definition) is 6. The van der Waals surface area contributed by atoms with Crippen LogP contribution in [-0.2, 0) is 24.1 Å². The van der Waals surface area contributed by atoms with Crippen molar-refractivity contribution in [2.75, 3.05) is 31.2 Å². The minimum Gasteiger partial charge on any atom is -0.378 e. The van der Waals surface area contributed by atoms with Crippen molar-refractivity contribution in [1.82, 2.24) is 19.7 Å². The molecule has 2 aromatic carbocycles. The van der Waals surface area contributed by atoms with Crippen molar-refractivity contribution in [3.8, 4) is 10.6 Å². The van der Waals surface area contributed by atoms with E-state index in [1.807, 2.05) is 11.4 Å². The summed E-state index contributed by atoms with van der Waals surface area (Å²) in [4.78, 5) is 7.01. The van der Waals surface area contributed by atoms with Gasteiger partial charge in [-0.05, 0) is 36.2 Å². The monoisotopic (exact) mass is 449 g/mol. The number of benzene rings is 2. The number of aryl methyl sites for hydroxylation is 1. The summed E-state index contributed by atoms with van der Waals surface area (Å²) in [5.74, 6) is 1.55. The number of morpholine rings is 1. The molecule has 2 aromatic heterocycles. The minimum absolute atomic E-state index is 0.243. The van der Waals surface area contributed by atoms with Crippen LogP contribution in [0.3, 0.4) is 0 Å². The van der Waals surface area contributed by atoms with E-state index in [-0.39, 0.29) is 5.82 Å². The van der Waals surface area contributed by atoms with E-state index >= 15 is 0 Å². The van der Waals surface area contributed by atoms with Crippen molar-refractivity contribution in [3.63, 3.8) is 0 Å². The lowest BCUT2D eigenvalue weighted by Gasteiger charge is -2.28. The molecule has 1 fully saturated rings. The zero-order chi connectivity index (χ0) is 21.8. The van der Waals surface area contributed by atoms with Crippen LogP contribution in [0, 0.1) is 5.82 Å². The molecule has 4 aromatic rings. The topological polar surface area (TPSA) is 56.1 Å². The van der Waals surface area contributed by atoms with Crippen molar-refractivity contribution < 1.29 is 9.13 Å². The van der Waals surface area contributed by atoms with E-state index in [0.29, 0.717) is 19.6 Å². The molecule has 8 heteroatoms. The Morgan fingerprint density at radius 3 is 2.53 bits per heavy atom. The average molecular weight is 450 g/mol. The maximum atomic E-state index is 13.2. The Kier molecular flexibility index (Phi) is 6.22.